The number of hydrogen-bond acceptors (Lipinski definition) is 3. The minimum absolute atomic E-state index is 0.0427. The van der Waals surface area contributed by atoms with E-state index < -0.39 is 5.97 Å². The predicted molar refractivity (Wildman–Crippen MR) is 94.3 cm³/mol. The van der Waals surface area contributed by atoms with Gasteiger partial charge in [-0.1, -0.05) is 42.5 Å². The number of carbonyl (C=O) groups excluding carboxylic acids is 1. The molecule has 2 aromatic rings. The molecular weight excluding hydrogens is 320 g/mol. The summed E-state index contributed by atoms with van der Waals surface area (Å²) in [6, 6.07) is 17.1. The number of carbonyl (C=O) groups is 2. The Morgan fingerprint density at radius 1 is 0.960 bits per heavy atom. The lowest BCUT2D eigenvalue weighted by Crippen LogP contribution is -2.35. The average molecular weight is 342 g/mol. The van der Waals surface area contributed by atoms with Crippen LogP contribution < -0.4 is 15.4 Å². The Bertz CT molecular complexity index is 689. The Balaban J connectivity index is 1.73. The summed E-state index contributed by atoms with van der Waals surface area (Å²) in [7, 11) is 0. The van der Waals surface area contributed by atoms with Gasteiger partial charge in [0.1, 0.15) is 12.4 Å². The van der Waals surface area contributed by atoms with Crippen LogP contribution >= 0.6 is 0 Å². The van der Waals surface area contributed by atoms with Crippen LogP contribution in [0, 0.1) is 0 Å². The highest BCUT2D eigenvalue weighted by atomic mass is 16.5. The molecule has 6 nitrogen and oxygen atoms in total. The van der Waals surface area contributed by atoms with E-state index in [1.165, 1.54) is 0 Å². The third-order valence-corrected chi connectivity index (χ3v) is 3.45. The summed E-state index contributed by atoms with van der Waals surface area (Å²) in [6.07, 6.45) is 0.451. The molecule has 0 saturated carbocycles. The lowest BCUT2D eigenvalue weighted by Gasteiger charge is -2.10. The van der Waals surface area contributed by atoms with Crippen molar-refractivity contribution in [2.45, 2.75) is 26.0 Å². The van der Waals surface area contributed by atoms with E-state index >= 15 is 0 Å². The van der Waals surface area contributed by atoms with Gasteiger partial charge in [0.05, 0.1) is 0 Å². The number of carboxylic acid groups (broad SMARTS) is 1. The Hall–Kier alpha value is -3.02. The van der Waals surface area contributed by atoms with E-state index in [-0.39, 0.29) is 12.5 Å². The summed E-state index contributed by atoms with van der Waals surface area (Å²) in [4.78, 5) is 22.0. The number of aliphatic carboxylic acids is 1. The molecule has 6 heteroatoms. The highest BCUT2D eigenvalue weighted by Gasteiger charge is 2.03. The second-order valence-electron chi connectivity index (χ2n) is 5.53. The minimum Gasteiger partial charge on any atom is -0.489 e. The minimum atomic E-state index is -0.866. The van der Waals surface area contributed by atoms with E-state index in [2.05, 4.69) is 10.6 Å². The van der Waals surface area contributed by atoms with Crippen LogP contribution in [0.4, 0.5) is 4.79 Å². The quantitative estimate of drug-likeness (QED) is 0.612. The van der Waals surface area contributed by atoms with Crippen LogP contribution in [0.1, 0.15) is 24.0 Å². The summed E-state index contributed by atoms with van der Waals surface area (Å²) in [6.45, 7) is 1.19. The van der Waals surface area contributed by atoms with Gasteiger partial charge in [0.15, 0.2) is 0 Å². The van der Waals surface area contributed by atoms with Crippen molar-refractivity contribution < 1.29 is 19.4 Å². The molecule has 0 unspecified atom stereocenters. The van der Waals surface area contributed by atoms with Crippen molar-refractivity contribution in [1.82, 2.24) is 10.6 Å². The van der Waals surface area contributed by atoms with Gasteiger partial charge in [-0.05, 0) is 29.7 Å². The summed E-state index contributed by atoms with van der Waals surface area (Å²) in [5, 5.41) is 13.9. The standard InChI is InChI=1S/C19H22N2O4/c22-18(23)10-5-11-20-19(24)21-13-16-8-4-9-17(12-16)25-14-15-6-2-1-3-7-15/h1-4,6-9,12H,5,10-11,13-14H2,(H,22,23)(H2,20,21,24). The smallest absolute Gasteiger partial charge is 0.315 e. The van der Waals surface area contributed by atoms with Crippen LogP contribution in [-0.4, -0.2) is 23.7 Å². The van der Waals surface area contributed by atoms with Gasteiger partial charge in [0.25, 0.3) is 0 Å². The Labute approximate surface area is 146 Å². The molecule has 2 aromatic carbocycles. The SMILES string of the molecule is O=C(O)CCCNC(=O)NCc1cccc(OCc2ccccc2)c1. The van der Waals surface area contributed by atoms with Crippen molar-refractivity contribution in [2.24, 2.45) is 0 Å². The molecule has 0 heterocycles. The van der Waals surface area contributed by atoms with Gasteiger partial charge < -0.3 is 20.5 Å². The van der Waals surface area contributed by atoms with Crippen molar-refractivity contribution in [2.75, 3.05) is 6.54 Å². The first kappa shape index (κ1) is 18.3. The van der Waals surface area contributed by atoms with E-state index in [1.54, 1.807) is 0 Å². The van der Waals surface area contributed by atoms with E-state index in [4.69, 9.17) is 9.84 Å². The van der Waals surface area contributed by atoms with Crippen molar-refractivity contribution in [1.29, 1.82) is 0 Å². The topological polar surface area (TPSA) is 87.7 Å². The fourth-order valence-electron chi connectivity index (χ4n) is 2.17. The molecule has 132 valence electrons. The maximum Gasteiger partial charge on any atom is 0.315 e. The molecule has 2 rings (SSSR count). The molecule has 0 saturated heterocycles. The number of nitrogens with one attached hydrogen (secondary N) is 2. The van der Waals surface area contributed by atoms with Gasteiger partial charge in [-0.3, -0.25) is 4.79 Å². The fourth-order valence-corrected chi connectivity index (χ4v) is 2.17. The number of hydrogen-bond donors (Lipinski definition) is 3. The number of rotatable bonds is 9. The number of ether oxygens (including phenoxy) is 1. The van der Waals surface area contributed by atoms with Gasteiger partial charge >= 0.3 is 12.0 Å². The van der Waals surface area contributed by atoms with Crippen molar-refractivity contribution in [3.63, 3.8) is 0 Å². The molecule has 0 spiro atoms. The van der Waals surface area contributed by atoms with E-state index in [1.807, 2.05) is 54.6 Å². The maximum absolute atomic E-state index is 11.7. The van der Waals surface area contributed by atoms with Crippen molar-refractivity contribution in [3.8, 4) is 5.75 Å². The van der Waals surface area contributed by atoms with E-state index in [9.17, 15) is 9.59 Å². The molecule has 2 amide bonds. The zero-order valence-electron chi connectivity index (χ0n) is 13.9. The van der Waals surface area contributed by atoms with E-state index in [0.29, 0.717) is 26.1 Å². The molecule has 0 aromatic heterocycles. The second kappa shape index (κ2) is 9.97. The zero-order valence-corrected chi connectivity index (χ0v) is 13.9. The molecule has 0 radical (unpaired) electrons. The molecule has 0 fully saturated rings. The van der Waals surface area contributed by atoms with Crippen LogP contribution in [0.25, 0.3) is 0 Å². The molecule has 0 aliphatic rings. The van der Waals surface area contributed by atoms with E-state index in [0.717, 1.165) is 16.9 Å². The van der Waals surface area contributed by atoms with Crippen LogP contribution in [0.5, 0.6) is 5.75 Å². The highest BCUT2D eigenvalue weighted by Crippen LogP contribution is 2.15. The van der Waals surface area contributed by atoms with Crippen molar-refractivity contribution >= 4 is 12.0 Å². The number of carboxylic acids is 1. The molecule has 25 heavy (non-hydrogen) atoms. The summed E-state index contributed by atoms with van der Waals surface area (Å²) in [5.74, 6) is -0.125. The molecule has 0 aliphatic heterocycles. The first-order valence-corrected chi connectivity index (χ1v) is 8.12. The molecule has 0 atom stereocenters. The first-order chi connectivity index (χ1) is 12.1. The Morgan fingerprint density at radius 3 is 2.48 bits per heavy atom. The maximum atomic E-state index is 11.7. The largest absolute Gasteiger partial charge is 0.489 e. The van der Waals surface area contributed by atoms with Crippen molar-refractivity contribution in [3.05, 3.63) is 65.7 Å². The van der Waals surface area contributed by atoms with Crippen LogP contribution in [-0.2, 0) is 17.9 Å². The van der Waals surface area contributed by atoms with Crippen LogP contribution in [0.2, 0.25) is 0 Å². The van der Waals surface area contributed by atoms with Gasteiger partial charge in [-0.15, -0.1) is 0 Å². The van der Waals surface area contributed by atoms with Gasteiger partial charge in [-0.25, -0.2) is 4.79 Å². The van der Waals surface area contributed by atoms with Gasteiger partial charge in [0.2, 0.25) is 0 Å². The van der Waals surface area contributed by atoms with Gasteiger partial charge in [0, 0.05) is 19.5 Å². The summed E-state index contributed by atoms with van der Waals surface area (Å²) >= 11 is 0. The zero-order chi connectivity index (χ0) is 17.9. The monoisotopic (exact) mass is 342 g/mol. The first-order valence-electron chi connectivity index (χ1n) is 8.12. The molecular formula is C19H22N2O4. The summed E-state index contributed by atoms with van der Waals surface area (Å²) < 4.78 is 5.76. The number of urea groups is 1. The lowest BCUT2D eigenvalue weighted by atomic mass is 10.2. The average Bonchev–Trinajstić information content (AvgIpc) is 2.63. The fraction of sp³-hybridized carbons (Fsp3) is 0.263. The second-order valence-corrected chi connectivity index (χ2v) is 5.53. The Kier molecular flexibility index (Phi) is 7.31. The number of amides is 2. The number of benzene rings is 2. The normalized spacial score (nSPS) is 10.1. The summed E-state index contributed by atoms with van der Waals surface area (Å²) in [5.41, 5.74) is 2.01. The third kappa shape index (κ3) is 7.39. The highest BCUT2D eigenvalue weighted by molar-refractivity contribution is 5.74. The third-order valence-electron chi connectivity index (χ3n) is 3.45. The predicted octanol–water partition coefficient (Wildman–Crippen LogP) is 2.93. The molecule has 3 N–H and O–H groups in total. The Morgan fingerprint density at radius 2 is 1.72 bits per heavy atom. The molecule has 0 bridgehead atoms. The van der Waals surface area contributed by atoms with Crippen LogP contribution in [0.3, 0.4) is 0 Å². The van der Waals surface area contributed by atoms with Crippen LogP contribution in [0.15, 0.2) is 54.6 Å². The lowest BCUT2D eigenvalue weighted by molar-refractivity contribution is -0.137. The van der Waals surface area contributed by atoms with Gasteiger partial charge in [-0.2, -0.15) is 0 Å². The molecule has 0 aliphatic carbocycles.